The molecule has 0 bridgehead atoms. The first kappa shape index (κ1) is 20.3. The van der Waals surface area contributed by atoms with E-state index >= 15 is 0 Å². The molecule has 0 aromatic heterocycles. The maximum Gasteiger partial charge on any atom is 0.270 e. The Morgan fingerprint density at radius 1 is 1.18 bits per heavy atom. The molecule has 1 amide bonds. The number of aliphatic hydroxyl groups is 1. The van der Waals surface area contributed by atoms with Gasteiger partial charge in [0.05, 0.1) is 21.6 Å². The van der Waals surface area contributed by atoms with Crippen LogP contribution in [0.4, 0.5) is 5.69 Å². The van der Waals surface area contributed by atoms with E-state index in [1.165, 1.54) is 23.8 Å². The van der Waals surface area contributed by atoms with Crippen LogP contribution in [0.3, 0.4) is 0 Å². The minimum atomic E-state index is -0.554. The smallest absolute Gasteiger partial charge is 0.270 e. The number of carbonyl (C=O) groups is 1. The van der Waals surface area contributed by atoms with E-state index in [2.05, 4.69) is 10.2 Å². The number of nitro groups is 1. The van der Waals surface area contributed by atoms with Crippen molar-refractivity contribution in [2.45, 2.75) is 32.0 Å². The third-order valence-corrected chi connectivity index (χ3v) is 5.16. The van der Waals surface area contributed by atoms with Crippen LogP contribution >= 0.6 is 11.6 Å². The Morgan fingerprint density at radius 2 is 1.82 bits per heavy atom. The molecule has 28 heavy (non-hydrogen) atoms. The first-order chi connectivity index (χ1) is 13.4. The summed E-state index contributed by atoms with van der Waals surface area (Å²) in [6.07, 6.45) is 1.46. The largest absolute Gasteiger partial charge is 0.393 e. The minimum Gasteiger partial charge on any atom is -0.393 e. The number of likely N-dealkylation sites (tertiary alicyclic amines) is 1. The fraction of sp³-hybridized carbons (Fsp3) is 0.350. The molecule has 0 atom stereocenters. The van der Waals surface area contributed by atoms with Crippen LogP contribution in [0.5, 0.6) is 0 Å². The second-order valence-corrected chi connectivity index (χ2v) is 7.33. The van der Waals surface area contributed by atoms with Crippen molar-refractivity contribution in [2.24, 2.45) is 0 Å². The lowest BCUT2D eigenvalue weighted by Gasteiger charge is -2.29. The molecule has 2 N–H and O–H groups in total. The van der Waals surface area contributed by atoms with E-state index in [0.29, 0.717) is 6.54 Å². The monoisotopic (exact) mass is 403 g/mol. The van der Waals surface area contributed by atoms with Gasteiger partial charge in [0.2, 0.25) is 0 Å². The van der Waals surface area contributed by atoms with Gasteiger partial charge in [0.15, 0.2) is 0 Å². The van der Waals surface area contributed by atoms with Gasteiger partial charge in [0.1, 0.15) is 0 Å². The molecule has 0 saturated carbocycles. The highest BCUT2D eigenvalue weighted by molar-refractivity contribution is 6.34. The van der Waals surface area contributed by atoms with Gasteiger partial charge < -0.3 is 10.4 Å². The molecule has 8 heteroatoms. The predicted octanol–water partition coefficient (Wildman–Crippen LogP) is 3.13. The summed E-state index contributed by atoms with van der Waals surface area (Å²) >= 11 is 5.99. The summed E-state index contributed by atoms with van der Waals surface area (Å²) in [6, 6.07) is 11.8. The Morgan fingerprint density at radius 3 is 2.43 bits per heavy atom. The van der Waals surface area contributed by atoms with E-state index in [9.17, 15) is 20.0 Å². The van der Waals surface area contributed by atoms with Gasteiger partial charge in [-0.3, -0.25) is 19.8 Å². The highest BCUT2D eigenvalue weighted by Gasteiger charge is 2.17. The maximum atomic E-state index is 12.3. The molecule has 0 aliphatic carbocycles. The van der Waals surface area contributed by atoms with E-state index in [0.717, 1.165) is 38.0 Å². The zero-order valence-electron chi connectivity index (χ0n) is 15.3. The molecule has 3 rings (SSSR count). The van der Waals surface area contributed by atoms with Gasteiger partial charge in [-0.15, -0.1) is 0 Å². The predicted molar refractivity (Wildman–Crippen MR) is 106 cm³/mol. The molecule has 0 unspecified atom stereocenters. The number of non-ortho nitro benzene ring substituents is 1. The van der Waals surface area contributed by atoms with Crippen molar-refractivity contribution >= 4 is 23.2 Å². The van der Waals surface area contributed by atoms with Crippen LogP contribution in [0.25, 0.3) is 0 Å². The standard InChI is InChI=1S/C20H22ClN3O4/c21-19-11-16(24(27)28)5-6-18(19)20(26)22-12-14-1-3-15(4-2-14)13-23-9-7-17(25)8-10-23/h1-6,11,17,25H,7-10,12-13H2,(H,22,26). The van der Waals surface area contributed by atoms with E-state index in [1.807, 2.05) is 24.3 Å². The molecular formula is C20H22ClN3O4. The number of nitrogens with one attached hydrogen (secondary N) is 1. The molecule has 1 aliphatic heterocycles. The summed E-state index contributed by atoms with van der Waals surface area (Å²) in [6.45, 7) is 2.98. The van der Waals surface area contributed by atoms with E-state index < -0.39 is 4.92 Å². The fourth-order valence-corrected chi connectivity index (χ4v) is 3.44. The van der Waals surface area contributed by atoms with Gasteiger partial charge in [-0.2, -0.15) is 0 Å². The van der Waals surface area contributed by atoms with Crippen molar-refractivity contribution < 1.29 is 14.8 Å². The number of nitrogens with zero attached hydrogens (tertiary/aromatic N) is 2. The second-order valence-electron chi connectivity index (χ2n) is 6.93. The highest BCUT2D eigenvalue weighted by Crippen LogP contribution is 2.22. The summed E-state index contributed by atoms with van der Waals surface area (Å²) in [7, 11) is 0. The number of amides is 1. The molecule has 1 aliphatic rings. The Kier molecular flexibility index (Phi) is 6.61. The first-order valence-electron chi connectivity index (χ1n) is 9.13. The number of carbonyl (C=O) groups excluding carboxylic acids is 1. The number of piperidine rings is 1. The molecule has 7 nitrogen and oxygen atoms in total. The van der Waals surface area contributed by atoms with Gasteiger partial charge >= 0.3 is 0 Å². The summed E-state index contributed by atoms with van der Waals surface area (Å²) in [4.78, 5) is 24.8. The molecular weight excluding hydrogens is 382 g/mol. The van der Waals surface area contributed by atoms with Crippen LogP contribution in [-0.4, -0.2) is 40.0 Å². The molecule has 0 spiro atoms. The van der Waals surface area contributed by atoms with Gasteiger partial charge in [-0.1, -0.05) is 35.9 Å². The van der Waals surface area contributed by atoms with Crippen LogP contribution in [0.15, 0.2) is 42.5 Å². The van der Waals surface area contributed by atoms with Crippen LogP contribution in [0.1, 0.15) is 34.3 Å². The molecule has 148 valence electrons. The number of nitro benzene ring substituents is 1. The molecule has 2 aromatic carbocycles. The van der Waals surface area contributed by atoms with Crippen molar-refractivity contribution in [3.05, 3.63) is 74.3 Å². The normalized spacial score (nSPS) is 15.4. The lowest BCUT2D eigenvalue weighted by atomic mass is 10.1. The summed E-state index contributed by atoms with van der Waals surface area (Å²) < 4.78 is 0. The molecule has 1 saturated heterocycles. The number of hydrogen-bond acceptors (Lipinski definition) is 5. The Bertz CT molecular complexity index is 849. The number of hydrogen-bond donors (Lipinski definition) is 2. The summed E-state index contributed by atoms with van der Waals surface area (Å²) in [5, 5.41) is 23.1. The number of halogens is 1. The van der Waals surface area contributed by atoms with Gasteiger partial charge in [-0.05, 0) is 30.0 Å². The maximum absolute atomic E-state index is 12.3. The van der Waals surface area contributed by atoms with Crippen molar-refractivity contribution in [2.75, 3.05) is 13.1 Å². The van der Waals surface area contributed by atoms with Gasteiger partial charge in [-0.25, -0.2) is 0 Å². The molecule has 1 fully saturated rings. The second kappa shape index (κ2) is 9.14. The average Bonchev–Trinajstić information content (AvgIpc) is 2.69. The van der Waals surface area contributed by atoms with Crippen molar-refractivity contribution in [1.82, 2.24) is 10.2 Å². The van der Waals surface area contributed by atoms with E-state index in [-0.39, 0.29) is 28.3 Å². The number of aliphatic hydroxyl groups excluding tert-OH is 1. The third-order valence-electron chi connectivity index (χ3n) is 4.85. The van der Waals surface area contributed by atoms with Gasteiger partial charge in [0.25, 0.3) is 11.6 Å². The van der Waals surface area contributed by atoms with E-state index in [4.69, 9.17) is 11.6 Å². The van der Waals surface area contributed by atoms with Crippen molar-refractivity contribution in [1.29, 1.82) is 0 Å². The average molecular weight is 404 g/mol. The quantitative estimate of drug-likeness (QED) is 0.570. The molecule has 0 radical (unpaired) electrons. The zero-order valence-corrected chi connectivity index (χ0v) is 16.1. The fourth-order valence-electron chi connectivity index (χ4n) is 3.18. The summed E-state index contributed by atoms with van der Waals surface area (Å²) in [5.41, 5.74) is 2.19. The molecule has 2 aromatic rings. The van der Waals surface area contributed by atoms with Gasteiger partial charge in [0, 0.05) is 38.3 Å². The Labute approximate surface area is 168 Å². The van der Waals surface area contributed by atoms with Crippen LogP contribution in [0, 0.1) is 10.1 Å². The van der Waals surface area contributed by atoms with E-state index in [1.54, 1.807) is 0 Å². The highest BCUT2D eigenvalue weighted by atomic mass is 35.5. The Hall–Kier alpha value is -2.48. The van der Waals surface area contributed by atoms with Crippen molar-refractivity contribution in [3.63, 3.8) is 0 Å². The zero-order chi connectivity index (χ0) is 20.1. The third kappa shape index (κ3) is 5.28. The minimum absolute atomic E-state index is 0.0497. The van der Waals surface area contributed by atoms with Crippen molar-refractivity contribution in [3.8, 4) is 0 Å². The molecule has 1 heterocycles. The lowest BCUT2D eigenvalue weighted by Crippen LogP contribution is -2.35. The lowest BCUT2D eigenvalue weighted by molar-refractivity contribution is -0.384. The Balaban J connectivity index is 1.53. The van der Waals surface area contributed by atoms with Crippen LogP contribution < -0.4 is 5.32 Å². The number of benzene rings is 2. The van der Waals surface area contributed by atoms with Crippen LogP contribution in [-0.2, 0) is 13.1 Å². The summed E-state index contributed by atoms with van der Waals surface area (Å²) in [5.74, 6) is -0.379. The topological polar surface area (TPSA) is 95.7 Å². The van der Waals surface area contributed by atoms with Crippen LogP contribution in [0.2, 0.25) is 5.02 Å². The number of rotatable bonds is 6. The SMILES string of the molecule is O=C(NCc1ccc(CN2CCC(O)CC2)cc1)c1ccc([N+](=O)[O-])cc1Cl. The first-order valence-corrected chi connectivity index (χ1v) is 9.50.